The van der Waals surface area contributed by atoms with Crippen molar-refractivity contribution in [3.8, 4) is 11.5 Å². The maximum absolute atomic E-state index is 12.4. The molecule has 1 aliphatic rings. The first-order valence-electron chi connectivity index (χ1n) is 8.36. The van der Waals surface area contributed by atoms with Crippen LogP contribution in [-0.2, 0) is 11.2 Å². The molecule has 0 fully saturated rings. The van der Waals surface area contributed by atoms with E-state index in [1.54, 1.807) is 36.4 Å². The number of carbonyl (C=O) groups excluding carboxylic acids is 1. The quantitative estimate of drug-likeness (QED) is 0.755. The average Bonchev–Trinajstić information content (AvgIpc) is 2.89. The van der Waals surface area contributed by atoms with Gasteiger partial charge in [0, 0.05) is 23.6 Å². The summed E-state index contributed by atoms with van der Waals surface area (Å²) in [6, 6.07) is 12.4. The zero-order valence-corrected chi connectivity index (χ0v) is 14.0. The molecule has 0 saturated carbocycles. The second-order valence-corrected chi connectivity index (χ2v) is 5.98. The Kier molecular flexibility index (Phi) is 4.27. The van der Waals surface area contributed by atoms with Gasteiger partial charge in [0.05, 0.1) is 30.7 Å². The Morgan fingerprint density at radius 1 is 1.08 bits per heavy atom. The van der Waals surface area contributed by atoms with Crippen LogP contribution in [0.1, 0.15) is 12.1 Å². The standard InChI is InChI=1S/C19H17N3O4/c23-18(11-15-13-4-1-2-5-14(13)19(24)22-21-15)20-12-6-7-16-17(10-12)26-9-3-8-25-16/h1-2,4-7,10H,3,8-9,11H2,(H,20,23)(H,22,24). The number of rotatable bonds is 3. The molecular formula is C19H17N3O4. The first-order chi connectivity index (χ1) is 12.7. The van der Waals surface area contributed by atoms with E-state index >= 15 is 0 Å². The second-order valence-electron chi connectivity index (χ2n) is 5.98. The minimum absolute atomic E-state index is 0.0474. The zero-order valence-electron chi connectivity index (χ0n) is 14.0. The Morgan fingerprint density at radius 3 is 2.69 bits per heavy atom. The Labute approximate surface area is 148 Å². The summed E-state index contributed by atoms with van der Waals surface area (Å²) in [5.41, 5.74) is 0.868. The molecule has 0 saturated heterocycles. The lowest BCUT2D eigenvalue weighted by molar-refractivity contribution is -0.115. The van der Waals surface area contributed by atoms with Gasteiger partial charge in [0.1, 0.15) is 0 Å². The number of ether oxygens (including phenoxy) is 2. The van der Waals surface area contributed by atoms with Crippen LogP contribution in [0.2, 0.25) is 0 Å². The van der Waals surface area contributed by atoms with Gasteiger partial charge >= 0.3 is 0 Å². The first-order valence-corrected chi connectivity index (χ1v) is 8.36. The summed E-state index contributed by atoms with van der Waals surface area (Å²) in [4.78, 5) is 24.3. The summed E-state index contributed by atoms with van der Waals surface area (Å²) in [6.45, 7) is 1.20. The molecular weight excluding hydrogens is 334 g/mol. The molecule has 3 aromatic rings. The third-order valence-electron chi connectivity index (χ3n) is 4.13. The molecule has 0 atom stereocenters. The van der Waals surface area contributed by atoms with E-state index in [4.69, 9.17) is 9.47 Å². The van der Waals surface area contributed by atoms with Crippen LogP contribution < -0.4 is 20.3 Å². The first kappa shape index (κ1) is 16.1. The lowest BCUT2D eigenvalue weighted by Crippen LogP contribution is -2.18. The summed E-state index contributed by atoms with van der Waals surface area (Å²) in [7, 11) is 0. The zero-order chi connectivity index (χ0) is 17.9. The van der Waals surface area contributed by atoms with Crippen LogP contribution >= 0.6 is 0 Å². The molecule has 1 aromatic heterocycles. The van der Waals surface area contributed by atoms with Gasteiger partial charge in [0.15, 0.2) is 11.5 Å². The number of hydrogen-bond acceptors (Lipinski definition) is 5. The fourth-order valence-electron chi connectivity index (χ4n) is 2.90. The molecule has 0 spiro atoms. The number of carbonyl (C=O) groups is 1. The minimum atomic E-state index is -0.271. The summed E-state index contributed by atoms with van der Waals surface area (Å²) >= 11 is 0. The van der Waals surface area contributed by atoms with E-state index in [1.165, 1.54) is 0 Å². The van der Waals surface area contributed by atoms with Crippen molar-refractivity contribution in [1.82, 2.24) is 10.2 Å². The Hall–Kier alpha value is -3.35. The molecule has 2 heterocycles. The molecule has 0 bridgehead atoms. The van der Waals surface area contributed by atoms with E-state index in [1.807, 2.05) is 6.07 Å². The highest BCUT2D eigenvalue weighted by molar-refractivity contribution is 5.95. The molecule has 2 N–H and O–H groups in total. The van der Waals surface area contributed by atoms with Gasteiger partial charge in [0.25, 0.3) is 5.56 Å². The maximum atomic E-state index is 12.4. The van der Waals surface area contributed by atoms with Crippen LogP contribution in [0.25, 0.3) is 10.8 Å². The molecule has 0 unspecified atom stereocenters. The number of benzene rings is 2. The number of aromatic nitrogens is 2. The summed E-state index contributed by atoms with van der Waals surface area (Å²) in [6.07, 6.45) is 0.868. The van der Waals surface area contributed by atoms with Gasteiger partial charge in [-0.3, -0.25) is 9.59 Å². The molecule has 0 aliphatic carbocycles. The molecule has 4 rings (SSSR count). The predicted octanol–water partition coefficient (Wildman–Crippen LogP) is 2.27. The van der Waals surface area contributed by atoms with Gasteiger partial charge in [-0.2, -0.15) is 5.10 Å². The monoisotopic (exact) mass is 351 g/mol. The highest BCUT2D eigenvalue weighted by Gasteiger charge is 2.14. The second kappa shape index (κ2) is 6.87. The summed E-state index contributed by atoms with van der Waals surface area (Å²) in [5.74, 6) is 1.06. The van der Waals surface area contributed by atoms with Crippen molar-refractivity contribution in [3.63, 3.8) is 0 Å². The van der Waals surface area contributed by atoms with E-state index in [2.05, 4.69) is 15.5 Å². The predicted molar refractivity (Wildman–Crippen MR) is 96.7 cm³/mol. The van der Waals surface area contributed by atoms with E-state index < -0.39 is 0 Å². The Morgan fingerprint density at radius 2 is 1.85 bits per heavy atom. The smallest absolute Gasteiger partial charge is 0.272 e. The largest absolute Gasteiger partial charge is 0.490 e. The third kappa shape index (κ3) is 3.23. The van der Waals surface area contributed by atoms with Gasteiger partial charge in [0.2, 0.25) is 5.91 Å². The van der Waals surface area contributed by atoms with Crippen LogP contribution in [0.15, 0.2) is 47.3 Å². The van der Waals surface area contributed by atoms with Gasteiger partial charge in [-0.25, -0.2) is 5.10 Å². The van der Waals surface area contributed by atoms with Crippen LogP contribution in [0.5, 0.6) is 11.5 Å². The fourth-order valence-corrected chi connectivity index (χ4v) is 2.90. The molecule has 26 heavy (non-hydrogen) atoms. The Bertz CT molecular complexity index is 1030. The number of nitrogens with one attached hydrogen (secondary N) is 2. The van der Waals surface area contributed by atoms with Crippen molar-refractivity contribution in [2.24, 2.45) is 0 Å². The highest BCUT2D eigenvalue weighted by atomic mass is 16.5. The topological polar surface area (TPSA) is 93.3 Å². The number of aromatic amines is 1. The van der Waals surface area contributed by atoms with Crippen molar-refractivity contribution in [1.29, 1.82) is 0 Å². The molecule has 132 valence electrons. The molecule has 7 nitrogen and oxygen atoms in total. The van der Waals surface area contributed by atoms with Crippen molar-refractivity contribution in [2.45, 2.75) is 12.8 Å². The van der Waals surface area contributed by atoms with Crippen LogP contribution in [0.3, 0.4) is 0 Å². The number of nitrogens with zero attached hydrogens (tertiary/aromatic N) is 1. The minimum Gasteiger partial charge on any atom is -0.490 e. The van der Waals surface area contributed by atoms with Gasteiger partial charge in [-0.1, -0.05) is 18.2 Å². The van der Waals surface area contributed by atoms with Gasteiger partial charge < -0.3 is 14.8 Å². The van der Waals surface area contributed by atoms with Gasteiger partial charge in [-0.15, -0.1) is 0 Å². The number of H-pyrrole nitrogens is 1. The maximum Gasteiger partial charge on any atom is 0.272 e. The third-order valence-corrected chi connectivity index (χ3v) is 4.13. The number of hydrogen-bond donors (Lipinski definition) is 2. The molecule has 0 radical (unpaired) electrons. The van der Waals surface area contributed by atoms with Crippen LogP contribution in [-0.4, -0.2) is 29.3 Å². The van der Waals surface area contributed by atoms with Crippen molar-refractivity contribution in [2.75, 3.05) is 18.5 Å². The fraction of sp³-hybridized carbons (Fsp3) is 0.211. The highest BCUT2D eigenvalue weighted by Crippen LogP contribution is 2.32. The number of fused-ring (bicyclic) bond motifs is 2. The van der Waals surface area contributed by atoms with E-state index in [9.17, 15) is 9.59 Å². The van der Waals surface area contributed by atoms with Crippen molar-refractivity contribution in [3.05, 3.63) is 58.5 Å². The van der Waals surface area contributed by atoms with E-state index in [0.717, 1.165) is 6.42 Å². The lowest BCUT2D eigenvalue weighted by Gasteiger charge is -2.10. The molecule has 1 aliphatic heterocycles. The van der Waals surface area contributed by atoms with Crippen molar-refractivity contribution >= 4 is 22.4 Å². The van der Waals surface area contributed by atoms with E-state index in [0.29, 0.717) is 46.9 Å². The average molecular weight is 351 g/mol. The van der Waals surface area contributed by atoms with E-state index in [-0.39, 0.29) is 17.9 Å². The number of amides is 1. The molecule has 1 amide bonds. The molecule has 2 aromatic carbocycles. The van der Waals surface area contributed by atoms with Crippen molar-refractivity contribution < 1.29 is 14.3 Å². The summed E-state index contributed by atoms with van der Waals surface area (Å²) < 4.78 is 11.2. The Balaban J connectivity index is 1.54. The summed E-state index contributed by atoms with van der Waals surface area (Å²) in [5, 5.41) is 10.5. The van der Waals surface area contributed by atoms with Gasteiger partial charge in [-0.05, 0) is 18.2 Å². The normalized spacial score (nSPS) is 13.2. The number of anilines is 1. The van der Waals surface area contributed by atoms with Crippen LogP contribution in [0, 0.1) is 0 Å². The SMILES string of the molecule is O=C(Cc1n[nH]c(=O)c2ccccc12)Nc1ccc2c(c1)OCCCO2. The molecule has 7 heteroatoms. The van der Waals surface area contributed by atoms with Crippen LogP contribution in [0.4, 0.5) is 5.69 Å². The lowest BCUT2D eigenvalue weighted by atomic mass is 10.1.